The molecule has 0 bridgehead atoms. The highest BCUT2D eigenvalue weighted by atomic mass is 15.3. The van der Waals surface area contributed by atoms with E-state index >= 15 is 0 Å². The number of hydrogen-bond acceptors (Lipinski definition) is 3. The van der Waals surface area contributed by atoms with Gasteiger partial charge in [0.05, 0.1) is 0 Å². The average Bonchev–Trinajstić information content (AvgIpc) is 2.33. The Morgan fingerprint density at radius 2 is 1.69 bits per heavy atom. The van der Waals surface area contributed by atoms with E-state index in [1.165, 1.54) is 25.2 Å². The van der Waals surface area contributed by atoms with Crippen LogP contribution >= 0.6 is 0 Å². The number of nitrogens with zero attached hydrogens (tertiary/aromatic N) is 2. The van der Waals surface area contributed by atoms with Gasteiger partial charge in [-0.05, 0) is 18.2 Å². The fourth-order valence-corrected chi connectivity index (χ4v) is 2.18. The van der Waals surface area contributed by atoms with Crippen molar-refractivity contribution in [3.8, 4) is 0 Å². The molecule has 1 fully saturated rings. The van der Waals surface area contributed by atoms with E-state index in [-0.39, 0.29) is 0 Å². The second kappa shape index (κ2) is 5.32. The zero-order valence-corrected chi connectivity index (χ0v) is 10.0. The van der Waals surface area contributed by atoms with Crippen LogP contribution in [0.3, 0.4) is 0 Å². The minimum atomic E-state index is 0.917. The highest BCUT2D eigenvalue weighted by Crippen LogP contribution is 2.14. The third-order valence-corrected chi connectivity index (χ3v) is 3.36. The molecule has 0 saturated carbocycles. The maximum atomic E-state index is 5.95. The van der Waals surface area contributed by atoms with Crippen molar-refractivity contribution in [2.45, 2.75) is 13.5 Å². The van der Waals surface area contributed by atoms with Gasteiger partial charge in [-0.3, -0.25) is 4.90 Å². The molecule has 1 aromatic rings. The number of nitrogen functional groups attached to an aromatic ring is 1. The van der Waals surface area contributed by atoms with Gasteiger partial charge in [-0.25, -0.2) is 0 Å². The maximum Gasteiger partial charge on any atom is 0.0359 e. The number of likely N-dealkylation sites (N-methyl/N-ethyl adjacent to an activating group) is 1. The second-order valence-electron chi connectivity index (χ2n) is 4.41. The molecule has 1 aliphatic rings. The van der Waals surface area contributed by atoms with Crippen molar-refractivity contribution in [3.05, 3.63) is 29.8 Å². The van der Waals surface area contributed by atoms with Gasteiger partial charge in [0.2, 0.25) is 0 Å². The zero-order valence-electron chi connectivity index (χ0n) is 10.0. The van der Waals surface area contributed by atoms with Crippen molar-refractivity contribution in [2.75, 3.05) is 38.5 Å². The lowest BCUT2D eigenvalue weighted by Crippen LogP contribution is -2.45. The molecule has 1 aliphatic heterocycles. The molecule has 1 saturated heterocycles. The van der Waals surface area contributed by atoms with E-state index in [0.717, 1.165) is 25.3 Å². The zero-order chi connectivity index (χ0) is 11.4. The highest BCUT2D eigenvalue weighted by molar-refractivity contribution is 5.46. The molecule has 3 nitrogen and oxygen atoms in total. The van der Waals surface area contributed by atoms with E-state index in [1.54, 1.807) is 0 Å². The Hall–Kier alpha value is -1.06. The van der Waals surface area contributed by atoms with E-state index < -0.39 is 0 Å². The summed E-state index contributed by atoms with van der Waals surface area (Å²) in [5, 5.41) is 0. The summed E-state index contributed by atoms with van der Waals surface area (Å²) >= 11 is 0. The Labute approximate surface area is 97.8 Å². The van der Waals surface area contributed by atoms with Gasteiger partial charge in [0.1, 0.15) is 0 Å². The first-order chi connectivity index (χ1) is 7.79. The van der Waals surface area contributed by atoms with Gasteiger partial charge in [-0.2, -0.15) is 0 Å². The fraction of sp³-hybridized carbons (Fsp3) is 0.538. The Balaban J connectivity index is 1.89. The van der Waals surface area contributed by atoms with E-state index in [1.807, 2.05) is 12.1 Å². The van der Waals surface area contributed by atoms with Crippen molar-refractivity contribution in [1.82, 2.24) is 9.80 Å². The van der Waals surface area contributed by atoms with Crippen LogP contribution in [-0.2, 0) is 6.54 Å². The number of para-hydroxylation sites is 1. The molecule has 0 atom stereocenters. The summed E-state index contributed by atoms with van der Waals surface area (Å²) in [5.41, 5.74) is 8.13. The monoisotopic (exact) mass is 219 g/mol. The van der Waals surface area contributed by atoms with Crippen LogP contribution in [0.5, 0.6) is 0 Å². The van der Waals surface area contributed by atoms with Gasteiger partial charge < -0.3 is 10.6 Å². The molecular formula is C13H21N3. The molecule has 0 spiro atoms. The van der Waals surface area contributed by atoms with Crippen molar-refractivity contribution < 1.29 is 0 Å². The Morgan fingerprint density at radius 1 is 1.06 bits per heavy atom. The molecule has 16 heavy (non-hydrogen) atoms. The molecule has 0 unspecified atom stereocenters. The van der Waals surface area contributed by atoms with Crippen LogP contribution in [0.15, 0.2) is 24.3 Å². The largest absolute Gasteiger partial charge is 0.398 e. The Morgan fingerprint density at radius 3 is 2.31 bits per heavy atom. The van der Waals surface area contributed by atoms with Gasteiger partial charge in [-0.1, -0.05) is 25.1 Å². The van der Waals surface area contributed by atoms with Crippen LogP contribution in [0.4, 0.5) is 5.69 Å². The van der Waals surface area contributed by atoms with E-state index in [9.17, 15) is 0 Å². The van der Waals surface area contributed by atoms with Crippen LogP contribution in [-0.4, -0.2) is 42.5 Å². The summed E-state index contributed by atoms with van der Waals surface area (Å²) in [6.07, 6.45) is 0. The standard InChI is InChI=1S/C13H21N3/c1-2-15-7-9-16(10-8-15)11-12-5-3-4-6-13(12)14/h3-6H,2,7-11,14H2,1H3. The smallest absolute Gasteiger partial charge is 0.0359 e. The third-order valence-electron chi connectivity index (χ3n) is 3.36. The minimum Gasteiger partial charge on any atom is -0.398 e. The lowest BCUT2D eigenvalue weighted by Gasteiger charge is -2.34. The number of piperazine rings is 1. The first-order valence-corrected chi connectivity index (χ1v) is 6.07. The van der Waals surface area contributed by atoms with Gasteiger partial charge >= 0.3 is 0 Å². The summed E-state index contributed by atoms with van der Waals surface area (Å²) in [6, 6.07) is 8.17. The average molecular weight is 219 g/mol. The third kappa shape index (κ3) is 2.74. The van der Waals surface area contributed by atoms with E-state index in [0.29, 0.717) is 0 Å². The molecular weight excluding hydrogens is 198 g/mol. The lowest BCUT2D eigenvalue weighted by atomic mass is 10.1. The summed E-state index contributed by atoms with van der Waals surface area (Å²) in [5.74, 6) is 0. The van der Waals surface area contributed by atoms with Gasteiger partial charge in [0.15, 0.2) is 0 Å². The molecule has 1 heterocycles. The van der Waals surface area contributed by atoms with Crippen molar-refractivity contribution in [2.24, 2.45) is 0 Å². The Kier molecular flexibility index (Phi) is 3.80. The predicted octanol–water partition coefficient (Wildman–Crippen LogP) is 1.41. The number of benzene rings is 1. The molecule has 0 amide bonds. The SMILES string of the molecule is CCN1CCN(Cc2ccccc2N)CC1. The van der Waals surface area contributed by atoms with Crippen LogP contribution in [0.25, 0.3) is 0 Å². The number of anilines is 1. The first kappa shape index (κ1) is 11.4. The minimum absolute atomic E-state index is 0.917. The molecule has 2 N–H and O–H groups in total. The van der Waals surface area contributed by atoms with Crippen molar-refractivity contribution >= 4 is 5.69 Å². The summed E-state index contributed by atoms with van der Waals surface area (Å²) < 4.78 is 0. The van der Waals surface area contributed by atoms with Crippen LogP contribution in [0.2, 0.25) is 0 Å². The molecule has 2 rings (SSSR count). The maximum absolute atomic E-state index is 5.95. The van der Waals surface area contributed by atoms with Crippen LogP contribution < -0.4 is 5.73 Å². The quantitative estimate of drug-likeness (QED) is 0.780. The number of nitrogens with two attached hydrogens (primary N) is 1. The molecule has 0 aliphatic carbocycles. The fourth-order valence-electron chi connectivity index (χ4n) is 2.18. The normalized spacial score (nSPS) is 18.8. The van der Waals surface area contributed by atoms with Gasteiger partial charge in [-0.15, -0.1) is 0 Å². The van der Waals surface area contributed by atoms with Gasteiger partial charge in [0.25, 0.3) is 0 Å². The Bertz CT molecular complexity index is 330. The molecule has 1 aromatic carbocycles. The number of rotatable bonds is 3. The molecule has 88 valence electrons. The van der Waals surface area contributed by atoms with Gasteiger partial charge in [0, 0.05) is 38.4 Å². The lowest BCUT2D eigenvalue weighted by molar-refractivity contribution is 0.132. The topological polar surface area (TPSA) is 32.5 Å². The highest BCUT2D eigenvalue weighted by Gasteiger charge is 2.15. The van der Waals surface area contributed by atoms with Crippen molar-refractivity contribution in [3.63, 3.8) is 0 Å². The summed E-state index contributed by atoms with van der Waals surface area (Å²) in [7, 11) is 0. The molecule has 3 heteroatoms. The van der Waals surface area contributed by atoms with Crippen LogP contribution in [0, 0.1) is 0 Å². The van der Waals surface area contributed by atoms with E-state index in [4.69, 9.17) is 5.73 Å². The van der Waals surface area contributed by atoms with Crippen molar-refractivity contribution in [1.29, 1.82) is 0 Å². The molecule has 0 aromatic heterocycles. The number of hydrogen-bond donors (Lipinski definition) is 1. The summed E-state index contributed by atoms with van der Waals surface area (Å²) in [4.78, 5) is 4.97. The summed E-state index contributed by atoms with van der Waals surface area (Å²) in [6.45, 7) is 9.06. The first-order valence-electron chi connectivity index (χ1n) is 6.07. The van der Waals surface area contributed by atoms with Crippen LogP contribution in [0.1, 0.15) is 12.5 Å². The molecule has 0 radical (unpaired) electrons. The predicted molar refractivity (Wildman–Crippen MR) is 68.2 cm³/mol. The second-order valence-corrected chi connectivity index (χ2v) is 4.41. The van der Waals surface area contributed by atoms with E-state index in [2.05, 4.69) is 28.9 Å².